The molecule has 7 heteroatoms. The first kappa shape index (κ1) is 27.7. The van der Waals surface area contributed by atoms with E-state index < -0.39 is 0 Å². The average molecular weight is 441 g/mol. The van der Waals surface area contributed by atoms with Crippen LogP contribution in [0.2, 0.25) is 0 Å². The SMILES string of the molecule is C=Cc1ccc(C[N+](CCOCCOC)(CCOCCOC)CCOCCOC)cc1. The van der Waals surface area contributed by atoms with E-state index in [0.717, 1.165) is 36.2 Å². The molecule has 0 atom stereocenters. The summed E-state index contributed by atoms with van der Waals surface area (Å²) >= 11 is 0. The van der Waals surface area contributed by atoms with Gasteiger partial charge in [0.25, 0.3) is 0 Å². The van der Waals surface area contributed by atoms with Crippen molar-refractivity contribution in [1.82, 2.24) is 0 Å². The van der Waals surface area contributed by atoms with E-state index in [4.69, 9.17) is 28.4 Å². The van der Waals surface area contributed by atoms with Gasteiger partial charge in [-0.15, -0.1) is 0 Å². The molecule has 1 rings (SSSR count). The number of methoxy groups -OCH3 is 3. The summed E-state index contributed by atoms with van der Waals surface area (Å²) in [5.41, 5.74) is 2.40. The van der Waals surface area contributed by atoms with Crippen LogP contribution in [0.15, 0.2) is 30.8 Å². The lowest BCUT2D eigenvalue weighted by Crippen LogP contribution is -2.53. The molecule has 0 radical (unpaired) electrons. The zero-order valence-electron chi connectivity index (χ0n) is 19.7. The van der Waals surface area contributed by atoms with Gasteiger partial charge in [0.1, 0.15) is 26.2 Å². The molecule has 0 bridgehead atoms. The summed E-state index contributed by atoms with van der Waals surface area (Å²) in [5.74, 6) is 0. The Hall–Kier alpha value is -1.32. The van der Waals surface area contributed by atoms with E-state index in [9.17, 15) is 0 Å². The fraction of sp³-hybridized carbons (Fsp3) is 0.667. The molecule has 0 aliphatic heterocycles. The summed E-state index contributed by atoms with van der Waals surface area (Å²) in [5, 5.41) is 0. The van der Waals surface area contributed by atoms with Crippen molar-refractivity contribution in [2.24, 2.45) is 0 Å². The average Bonchev–Trinajstić information content (AvgIpc) is 2.79. The minimum absolute atomic E-state index is 0.596. The second-order valence-electron chi connectivity index (χ2n) is 7.43. The Labute approximate surface area is 188 Å². The summed E-state index contributed by atoms with van der Waals surface area (Å²) in [6.07, 6.45) is 1.86. The maximum absolute atomic E-state index is 5.82. The fourth-order valence-corrected chi connectivity index (χ4v) is 3.23. The highest BCUT2D eigenvalue weighted by molar-refractivity contribution is 5.47. The lowest BCUT2D eigenvalue weighted by molar-refractivity contribution is -0.941. The molecular weight excluding hydrogens is 398 g/mol. The number of rotatable bonds is 21. The Morgan fingerprint density at radius 3 is 1.42 bits per heavy atom. The quantitative estimate of drug-likeness (QED) is 0.216. The first-order valence-electron chi connectivity index (χ1n) is 11.0. The van der Waals surface area contributed by atoms with Crippen LogP contribution in [0, 0.1) is 0 Å². The van der Waals surface area contributed by atoms with Crippen LogP contribution in [0.25, 0.3) is 6.08 Å². The van der Waals surface area contributed by atoms with Crippen molar-refractivity contribution >= 4 is 6.08 Å². The van der Waals surface area contributed by atoms with Gasteiger partial charge in [0.2, 0.25) is 0 Å². The Balaban J connectivity index is 2.84. The van der Waals surface area contributed by atoms with Crippen LogP contribution >= 0.6 is 0 Å². The molecule has 0 heterocycles. The minimum atomic E-state index is 0.596. The molecule has 178 valence electrons. The summed E-state index contributed by atoms with van der Waals surface area (Å²) in [6.45, 7) is 12.9. The molecule has 1 aromatic carbocycles. The number of ether oxygens (including phenoxy) is 6. The lowest BCUT2D eigenvalue weighted by atomic mass is 10.1. The van der Waals surface area contributed by atoms with Crippen LogP contribution in [0.3, 0.4) is 0 Å². The maximum atomic E-state index is 5.82. The van der Waals surface area contributed by atoms with Crippen molar-refractivity contribution in [3.8, 4) is 0 Å². The monoisotopic (exact) mass is 440 g/mol. The fourth-order valence-electron chi connectivity index (χ4n) is 3.23. The van der Waals surface area contributed by atoms with Gasteiger partial charge in [0.15, 0.2) is 0 Å². The van der Waals surface area contributed by atoms with Gasteiger partial charge >= 0.3 is 0 Å². The first-order valence-corrected chi connectivity index (χ1v) is 11.0. The number of hydrogen-bond acceptors (Lipinski definition) is 6. The van der Waals surface area contributed by atoms with Crippen LogP contribution in [0.1, 0.15) is 11.1 Å². The Morgan fingerprint density at radius 1 is 0.645 bits per heavy atom. The van der Waals surface area contributed by atoms with Crippen LogP contribution in [0.5, 0.6) is 0 Å². The molecule has 0 fully saturated rings. The molecule has 0 saturated heterocycles. The van der Waals surface area contributed by atoms with Crippen LogP contribution < -0.4 is 0 Å². The Morgan fingerprint density at radius 2 is 1.06 bits per heavy atom. The molecule has 0 aliphatic carbocycles. The van der Waals surface area contributed by atoms with Crippen LogP contribution in [-0.2, 0) is 35.0 Å². The highest BCUT2D eigenvalue weighted by Gasteiger charge is 2.28. The molecule has 0 aliphatic rings. The van der Waals surface area contributed by atoms with E-state index in [-0.39, 0.29) is 0 Å². The van der Waals surface area contributed by atoms with Gasteiger partial charge in [0.05, 0.1) is 59.5 Å². The van der Waals surface area contributed by atoms with Gasteiger partial charge < -0.3 is 32.9 Å². The van der Waals surface area contributed by atoms with Crippen molar-refractivity contribution in [1.29, 1.82) is 0 Å². The first-order chi connectivity index (χ1) is 15.2. The number of benzene rings is 1. The van der Waals surface area contributed by atoms with Gasteiger partial charge in [-0.1, -0.05) is 36.9 Å². The molecule has 0 spiro atoms. The van der Waals surface area contributed by atoms with Gasteiger partial charge in [-0.25, -0.2) is 0 Å². The van der Waals surface area contributed by atoms with Gasteiger partial charge in [-0.3, -0.25) is 0 Å². The third-order valence-electron chi connectivity index (χ3n) is 5.16. The van der Waals surface area contributed by atoms with E-state index in [0.29, 0.717) is 59.5 Å². The third-order valence-corrected chi connectivity index (χ3v) is 5.16. The third kappa shape index (κ3) is 13.0. The topological polar surface area (TPSA) is 55.4 Å². The highest BCUT2D eigenvalue weighted by Crippen LogP contribution is 2.17. The highest BCUT2D eigenvalue weighted by atomic mass is 16.5. The van der Waals surface area contributed by atoms with Crippen molar-refractivity contribution in [3.63, 3.8) is 0 Å². The molecular formula is C24H42NO6+. The van der Waals surface area contributed by atoms with E-state index in [2.05, 4.69) is 30.8 Å². The molecule has 31 heavy (non-hydrogen) atoms. The predicted octanol–water partition coefficient (Wildman–Crippen LogP) is 2.64. The number of quaternary nitrogens is 1. The second kappa shape index (κ2) is 18.3. The number of nitrogens with zero attached hydrogens (tertiary/aromatic N) is 1. The van der Waals surface area contributed by atoms with Crippen molar-refractivity contribution in [2.45, 2.75) is 6.54 Å². The largest absolute Gasteiger partial charge is 0.382 e. The molecule has 0 aromatic heterocycles. The van der Waals surface area contributed by atoms with Gasteiger partial charge in [0, 0.05) is 26.9 Å². The van der Waals surface area contributed by atoms with Crippen molar-refractivity contribution in [3.05, 3.63) is 42.0 Å². The predicted molar refractivity (Wildman–Crippen MR) is 123 cm³/mol. The molecule has 7 nitrogen and oxygen atoms in total. The molecule has 0 unspecified atom stereocenters. The van der Waals surface area contributed by atoms with E-state index in [1.54, 1.807) is 21.3 Å². The van der Waals surface area contributed by atoms with Crippen molar-refractivity contribution in [2.75, 3.05) is 100 Å². The smallest absolute Gasteiger partial charge is 0.105 e. The zero-order valence-corrected chi connectivity index (χ0v) is 19.7. The zero-order chi connectivity index (χ0) is 22.6. The Bertz CT molecular complexity index is 515. The van der Waals surface area contributed by atoms with E-state index in [1.165, 1.54) is 5.56 Å². The minimum Gasteiger partial charge on any atom is -0.382 e. The lowest BCUT2D eigenvalue weighted by Gasteiger charge is -2.39. The second-order valence-corrected chi connectivity index (χ2v) is 7.43. The molecule has 0 saturated carbocycles. The standard InChI is InChI=1S/C24H42NO6/c1-5-23-6-8-24(9-7-23)22-25(10-13-29-19-16-26-2,11-14-30-20-17-27-3)12-15-31-21-18-28-4/h5-9H,1,10-22H2,2-4H3/q+1. The summed E-state index contributed by atoms with van der Waals surface area (Å²) < 4.78 is 33.6. The van der Waals surface area contributed by atoms with Gasteiger partial charge in [-0.2, -0.15) is 0 Å². The van der Waals surface area contributed by atoms with Crippen molar-refractivity contribution < 1.29 is 32.9 Å². The van der Waals surface area contributed by atoms with Crippen LogP contribution in [-0.4, -0.2) is 105 Å². The van der Waals surface area contributed by atoms with E-state index in [1.807, 2.05) is 6.08 Å². The summed E-state index contributed by atoms with van der Waals surface area (Å²) in [6, 6.07) is 8.56. The summed E-state index contributed by atoms with van der Waals surface area (Å²) in [7, 11) is 5.06. The molecule has 0 N–H and O–H groups in total. The normalized spacial score (nSPS) is 11.7. The maximum Gasteiger partial charge on any atom is 0.105 e. The molecule has 1 aromatic rings. The van der Waals surface area contributed by atoms with Gasteiger partial charge in [-0.05, 0) is 5.56 Å². The Kier molecular flexibility index (Phi) is 16.3. The van der Waals surface area contributed by atoms with Crippen LogP contribution in [0.4, 0.5) is 0 Å². The van der Waals surface area contributed by atoms with E-state index >= 15 is 0 Å². The molecule has 0 amide bonds. The number of hydrogen-bond donors (Lipinski definition) is 0. The summed E-state index contributed by atoms with van der Waals surface area (Å²) in [4.78, 5) is 0.